The lowest BCUT2D eigenvalue weighted by Gasteiger charge is -2.23. The second-order valence-electron chi connectivity index (χ2n) is 4.74. The van der Waals surface area contributed by atoms with Gasteiger partial charge in [0, 0.05) is 0 Å². The molecular formula is C13H15N3O2. The summed E-state index contributed by atoms with van der Waals surface area (Å²) >= 11 is 0. The molecule has 1 aromatic heterocycles. The Morgan fingerprint density at radius 2 is 1.61 bits per heavy atom. The van der Waals surface area contributed by atoms with Crippen molar-refractivity contribution in [3.05, 3.63) is 44.5 Å². The van der Waals surface area contributed by atoms with Crippen molar-refractivity contribution in [1.82, 2.24) is 15.3 Å². The maximum atomic E-state index is 11.3. The van der Waals surface area contributed by atoms with Gasteiger partial charge in [-0.15, -0.1) is 0 Å². The molecule has 0 unspecified atom stereocenters. The van der Waals surface area contributed by atoms with Gasteiger partial charge in [0.1, 0.15) is 0 Å². The number of aromatic nitrogens is 2. The van der Waals surface area contributed by atoms with E-state index in [1.54, 1.807) is 0 Å². The van der Waals surface area contributed by atoms with Crippen LogP contribution in [0.5, 0.6) is 0 Å². The van der Waals surface area contributed by atoms with Crippen LogP contribution in [0, 0.1) is 0 Å². The highest BCUT2D eigenvalue weighted by atomic mass is 16.2. The summed E-state index contributed by atoms with van der Waals surface area (Å²) in [6.07, 6.45) is 2.22. The summed E-state index contributed by atoms with van der Waals surface area (Å²) < 4.78 is 0. The number of hydrogen-bond donors (Lipinski definition) is 3. The predicted molar refractivity (Wildman–Crippen MR) is 70.0 cm³/mol. The van der Waals surface area contributed by atoms with Gasteiger partial charge in [-0.2, -0.15) is 0 Å². The topological polar surface area (TPSA) is 77.8 Å². The highest BCUT2D eigenvalue weighted by Gasteiger charge is 2.15. The van der Waals surface area contributed by atoms with Crippen LogP contribution in [-0.4, -0.2) is 23.1 Å². The average molecular weight is 245 g/mol. The second kappa shape index (κ2) is 4.42. The molecule has 2 aromatic rings. The first-order valence-electron chi connectivity index (χ1n) is 6.21. The Labute approximate surface area is 103 Å². The van der Waals surface area contributed by atoms with Gasteiger partial charge < -0.3 is 15.3 Å². The van der Waals surface area contributed by atoms with Gasteiger partial charge in [0.05, 0.1) is 11.0 Å². The van der Waals surface area contributed by atoms with Crippen LogP contribution < -0.4 is 16.4 Å². The van der Waals surface area contributed by atoms with E-state index < -0.39 is 11.1 Å². The highest BCUT2D eigenvalue weighted by molar-refractivity contribution is 5.74. The Hall–Kier alpha value is -1.88. The van der Waals surface area contributed by atoms with Gasteiger partial charge in [-0.1, -0.05) is 6.07 Å². The van der Waals surface area contributed by atoms with Gasteiger partial charge >= 0.3 is 11.1 Å². The highest BCUT2D eigenvalue weighted by Crippen LogP contribution is 2.26. The van der Waals surface area contributed by atoms with Crippen LogP contribution >= 0.6 is 0 Å². The van der Waals surface area contributed by atoms with Gasteiger partial charge in [-0.3, -0.25) is 9.59 Å². The minimum atomic E-state index is -0.600. The summed E-state index contributed by atoms with van der Waals surface area (Å²) in [5.41, 5.74) is 1.42. The Morgan fingerprint density at radius 1 is 0.944 bits per heavy atom. The number of aromatic amines is 2. The fraction of sp³-hybridized carbons (Fsp3) is 0.385. The first-order valence-corrected chi connectivity index (χ1v) is 6.21. The normalized spacial score (nSPS) is 17.1. The van der Waals surface area contributed by atoms with E-state index in [4.69, 9.17) is 0 Å². The minimum absolute atomic E-state index is 0.533. The summed E-state index contributed by atoms with van der Waals surface area (Å²) in [5.74, 6) is 0.533. The van der Waals surface area contributed by atoms with Gasteiger partial charge in [0.15, 0.2) is 0 Å². The molecule has 5 nitrogen and oxygen atoms in total. The van der Waals surface area contributed by atoms with Crippen LogP contribution in [0.2, 0.25) is 0 Å². The quantitative estimate of drug-likeness (QED) is 0.647. The van der Waals surface area contributed by atoms with Crippen LogP contribution in [0.1, 0.15) is 24.3 Å². The Balaban J connectivity index is 2.07. The number of fused-ring (bicyclic) bond motifs is 1. The molecule has 94 valence electrons. The summed E-state index contributed by atoms with van der Waals surface area (Å²) in [5, 5.41) is 3.33. The van der Waals surface area contributed by atoms with E-state index in [0.29, 0.717) is 17.0 Å². The molecule has 0 radical (unpaired) electrons. The summed E-state index contributed by atoms with van der Waals surface area (Å²) in [4.78, 5) is 27.7. The lowest BCUT2D eigenvalue weighted by Crippen LogP contribution is -2.29. The molecule has 0 bridgehead atoms. The van der Waals surface area contributed by atoms with Crippen LogP contribution in [0.4, 0.5) is 0 Å². The molecule has 3 rings (SSSR count). The molecule has 1 aliphatic heterocycles. The van der Waals surface area contributed by atoms with E-state index in [-0.39, 0.29) is 0 Å². The molecule has 1 saturated heterocycles. The Bertz CT molecular complexity index is 680. The molecule has 1 aromatic carbocycles. The number of benzene rings is 1. The summed E-state index contributed by atoms with van der Waals surface area (Å²) in [6.45, 7) is 2.07. The van der Waals surface area contributed by atoms with E-state index >= 15 is 0 Å². The van der Waals surface area contributed by atoms with E-state index in [0.717, 1.165) is 25.9 Å². The van der Waals surface area contributed by atoms with Crippen molar-refractivity contribution in [2.45, 2.75) is 18.8 Å². The third-order valence-corrected chi connectivity index (χ3v) is 3.56. The first kappa shape index (κ1) is 11.2. The Morgan fingerprint density at radius 3 is 2.33 bits per heavy atom. The second-order valence-corrected chi connectivity index (χ2v) is 4.74. The van der Waals surface area contributed by atoms with Crippen molar-refractivity contribution in [1.29, 1.82) is 0 Å². The van der Waals surface area contributed by atoms with Gasteiger partial charge in [-0.05, 0) is 49.5 Å². The van der Waals surface area contributed by atoms with Crippen LogP contribution in [0.3, 0.4) is 0 Å². The van der Waals surface area contributed by atoms with E-state index in [1.165, 1.54) is 5.56 Å². The molecule has 0 aliphatic carbocycles. The third kappa shape index (κ3) is 1.97. The largest absolute Gasteiger partial charge is 0.317 e. The monoisotopic (exact) mass is 245 g/mol. The minimum Gasteiger partial charge on any atom is -0.317 e. The number of piperidine rings is 1. The number of rotatable bonds is 1. The summed E-state index contributed by atoms with van der Waals surface area (Å²) in [6, 6.07) is 5.87. The lowest BCUT2D eigenvalue weighted by atomic mass is 9.90. The molecule has 1 aliphatic rings. The van der Waals surface area contributed by atoms with Gasteiger partial charge in [0.2, 0.25) is 0 Å². The lowest BCUT2D eigenvalue weighted by molar-refractivity contribution is 0.460. The standard InChI is InChI=1S/C13H15N3O2/c17-12-13(18)16-11-7-9(1-2-10(11)15-12)8-3-5-14-6-4-8/h1-2,7-8,14H,3-6H2,(H,15,17)(H,16,18). The summed E-state index contributed by atoms with van der Waals surface area (Å²) in [7, 11) is 0. The van der Waals surface area contributed by atoms with Crippen molar-refractivity contribution in [3.63, 3.8) is 0 Å². The van der Waals surface area contributed by atoms with Crippen molar-refractivity contribution in [2.75, 3.05) is 13.1 Å². The molecule has 0 spiro atoms. The zero-order valence-corrected chi connectivity index (χ0v) is 9.95. The first-order chi connectivity index (χ1) is 8.74. The molecule has 0 atom stereocenters. The molecule has 2 heterocycles. The molecular weight excluding hydrogens is 230 g/mol. The predicted octanol–water partition coefficient (Wildman–Crippen LogP) is 0.683. The van der Waals surface area contributed by atoms with Crippen molar-refractivity contribution in [3.8, 4) is 0 Å². The van der Waals surface area contributed by atoms with Crippen LogP contribution in [-0.2, 0) is 0 Å². The molecule has 18 heavy (non-hydrogen) atoms. The third-order valence-electron chi connectivity index (χ3n) is 3.56. The Kier molecular flexibility index (Phi) is 2.76. The smallest absolute Gasteiger partial charge is 0.314 e. The molecule has 1 fully saturated rings. The van der Waals surface area contributed by atoms with E-state index in [1.807, 2.05) is 18.2 Å². The number of nitrogens with one attached hydrogen (secondary N) is 3. The van der Waals surface area contributed by atoms with Crippen LogP contribution in [0.25, 0.3) is 11.0 Å². The average Bonchev–Trinajstić information content (AvgIpc) is 2.41. The molecule has 0 saturated carbocycles. The van der Waals surface area contributed by atoms with Crippen molar-refractivity contribution >= 4 is 11.0 Å². The maximum Gasteiger partial charge on any atom is 0.314 e. The van der Waals surface area contributed by atoms with E-state index in [9.17, 15) is 9.59 Å². The van der Waals surface area contributed by atoms with Gasteiger partial charge in [0.25, 0.3) is 0 Å². The SMILES string of the molecule is O=c1[nH]c2ccc(C3CCNCC3)cc2[nH]c1=O. The van der Waals surface area contributed by atoms with Crippen molar-refractivity contribution in [2.24, 2.45) is 0 Å². The number of hydrogen-bond acceptors (Lipinski definition) is 3. The molecule has 0 amide bonds. The zero-order chi connectivity index (χ0) is 12.5. The fourth-order valence-electron chi connectivity index (χ4n) is 2.54. The van der Waals surface area contributed by atoms with Gasteiger partial charge in [-0.25, -0.2) is 0 Å². The molecule has 5 heteroatoms. The molecule has 3 N–H and O–H groups in total. The van der Waals surface area contributed by atoms with E-state index in [2.05, 4.69) is 15.3 Å². The van der Waals surface area contributed by atoms with Crippen LogP contribution in [0.15, 0.2) is 27.8 Å². The number of H-pyrrole nitrogens is 2. The maximum absolute atomic E-state index is 11.3. The van der Waals surface area contributed by atoms with Crippen molar-refractivity contribution < 1.29 is 0 Å². The zero-order valence-electron chi connectivity index (χ0n) is 9.95. The fourth-order valence-corrected chi connectivity index (χ4v) is 2.54.